The van der Waals surface area contributed by atoms with Crippen LogP contribution in [0.4, 0.5) is 0 Å². The Labute approximate surface area is 95.2 Å². The first kappa shape index (κ1) is 14.4. The maximum absolute atomic E-state index is 11.4. The third-order valence-corrected chi connectivity index (χ3v) is 2.95. The van der Waals surface area contributed by atoms with E-state index >= 15 is 0 Å². The third kappa shape index (κ3) is 8.44. The summed E-state index contributed by atoms with van der Waals surface area (Å²) >= 11 is 0. The van der Waals surface area contributed by atoms with E-state index in [-0.39, 0.29) is 5.97 Å². The van der Waals surface area contributed by atoms with E-state index in [2.05, 4.69) is 32.7 Å². The first-order chi connectivity index (χ1) is 6.72. The zero-order valence-corrected chi connectivity index (χ0v) is 12.5. The molecular formula is C10H21O3Si2. The highest BCUT2D eigenvalue weighted by molar-refractivity contribution is 6.69. The molecule has 0 unspecified atom stereocenters. The zero-order chi connectivity index (χ0) is 12.1. The second kappa shape index (κ2) is 6.12. The van der Waals surface area contributed by atoms with Gasteiger partial charge in [0.25, 0.3) is 0 Å². The van der Waals surface area contributed by atoms with Crippen molar-refractivity contribution in [3.8, 4) is 0 Å². The predicted molar refractivity (Wildman–Crippen MR) is 66.6 cm³/mol. The molecule has 87 valence electrons. The van der Waals surface area contributed by atoms with E-state index in [4.69, 9.17) is 9.16 Å². The molecule has 5 heteroatoms. The number of hydrogen-bond donors (Lipinski definition) is 0. The van der Waals surface area contributed by atoms with Crippen molar-refractivity contribution in [3.05, 3.63) is 11.8 Å². The van der Waals surface area contributed by atoms with Crippen LogP contribution >= 0.6 is 0 Å². The molecule has 0 atom stereocenters. The van der Waals surface area contributed by atoms with E-state index in [1.54, 1.807) is 6.92 Å². The topological polar surface area (TPSA) is 35.5 Å². The summed E-state index contributed by atoms with van der Waals surface area (Å²) in [6.45, 7) is 12.1. The number of esters is 1. The SMILES string of the molecule is C/C(=C\O[Si](C)(C)C)C(=O)OC[Si](C)C. The number of rotatable bonds is 5. The minimum absolute atomic E-state index is 0.264. The summed E-state index contributed by atoms with van der Waals surface area (Å²) in [5.74, 6) is -0.264. The minimum atomic E-state index is -1.59. The Morgan fingerprint density at radius 3 is 2.27 bits per heavy atom. The first-order valence-electron chi connectivity index (χ1n) is 5.03. The summed E-state index contributed by atoms with van der Waals surface area (Å²) in [7, 11) is -2.10. The number of ether oxygens (including phenoxy) is 1. The fourth-order valence-corrected chi connectivity index (χ4v) is 1.59. The van der Waals surface area contributed by atoms with Gasteiger partial charge in [0.1, 0.15) is 0 Å². The van der Waals surface area contributed by atoms with E-state index in [1.807, 2.05) is 0 Å². The van der Waals surface area contributed by atoms with Gasteiger partial charge >= 0.3 is 5.97 Å². The summed E-state index contributed by atoms with van der Waals surface area (Å²) in [5.41, 5.74) is 0.542. The van der Waals surface area contributed by atoms with Gasteiger partial charge in [-0.3, -0.25) is 0 Å². The molecule has 0 amide bonds. The lowest BCUT2D eigenvalue weighted by atomic mass is 10.3. The van der Waals surface area contributed by atoms with Gasteiger partial charge in [-0.25, -0.2) is 4.79 Å². The molecule has 0 aliphatic heterocycles. The van der Waals surface area contributed by atoms with Gasteiger partial charge in [0, 0.05) is 0 Å². The Morgan fingerprint density at radius 1 is 1.33 bits per heavy atom. The maximum Gasteiger partial charge on any atom is 0.336 e. The van der Waals surface area contributed by atoms with Crippen molar-refractivity contribution in [3.63, 3.8) is 0 Å². The molecule has 3 nitrogen and oxygen atoms in total. The highest BCUT2D eigenvalue weighted by Gasteiger charge is 2.15. The molecule has 0 aromatic rings. The lowest BCUT2D eigenvalue weighted by Crippen LogP contribution is -2.23. The molecule has 0 fully saturated rings. The van der Waals surface area contributed by atoms with Crippen LogP contribution in [0.2, 0.25) is 32.7 Å². The smallest absolute Gasteiger partial charge is 0.336 e. The second-order valence-corrected chi connectivity index (χ2v) is 12.0. The molecular weight excluding hydrogens is 224 g/mol. The molecule has 0 aliphatic carbocycles. The molecule has 0 aliphatic rings. The average molecular weight is 245 g/mol. The Balaban J connectivity index is 4.08. The standard InChI is InChI=1S/C10H21O3Si2/c1-9(7-13-15(4,5)6)10(11)12-8-14(2)3/h7H,8H2,1-6H3/b9-7+. The van der Waals surface area contributed by atoms with Crippen molar-refractivity contribution >= 4 is 23.1 Å². The van der Waals surface area contributed by atoms with Crippen LogP contribution in [-0.4, -0.2) is 29.3 Å². The van der Waals surface area contributed by atoms with Crippen LogP contribution in [0.3, 0.4) is 0 Å². The largest absolute Gasteiger partial charge is 0.549 e. The lowest BCUT2D eigenvalue weighted by molar-refractivity contribution is -0.137. The third-order valence-electron chi connectivity index (χ3n) is 1.40. The van der Waals surface area contributed by atoms with Gasteiger partial charge in [-0.2, -0.15) is 0 Å². The van der Waals surface area contributed by atoms with Crippen molar-refractivity contribution in [2.45, 2.75) is 39.7 Å². The van der Waals surface area contributed by atoms with E-state index in [1.165, 1.54) is 6.26 Å². The minimum Gasteiger partial charge on any atom is -0.549 e. The number of hydrogen-bond acceptors (Lipinski definition) is 3. The zero-order valence-electron chi connectivity index (χ0n) is 10.5. The number of carbonyl (C=O) groups is 1. The van der Waals surface area contributed by atoms with E-state index in [0.29, 0.717) is 11.8 Å². The molecule has 0 heterocycles. The predicted octanol–water partition coefficient (Wildman–Crippen LogP) is 2.58. The van der Waals surface area contributed by atoms with Crippen LogP contribution in [0.5, 0.6) is 0 Å². The monoisotopic (exact) mass is 245 g/mol. The van der Waals surface area contributed by atoms with Crippen LogP contribution in [0, 0.1) is 0 Å². The molecule has 0 aromatic heterocycles. The molecule has 0 saturated carbocycles. The van der Waals surface area contributed by atoms with Crippen LogP contribution in [0.25, 0.3) is 0 Å². The van der Waals surface area contributed by atoms with Crippen molar-refractivity contribution in [2.75, 3.05) is 6.23 Å². The second-order valence-electron chi connectivity index (χ2n) is 4.81. The fourth-order valence-electron chi connectivity index (χ4n) is 0.637. The quantitative estimate of drug-likeness (QED) is 0.323. The van der Waals surface area contributed by atoms with Gasteiger partial charge in [-0.15, -0.1) is 0 Å². The molecule has 1 radical (unpaired) electrons. The summed E-state index contributed by atoms with van der Waals surface area (Å²) < 4.78 is 10.6. The summed E-state index contributed by atoms with van der Waals surface area (Å²) in [4.78, 5) is 11.4. The van der Waals surface area contributed by atoms with Crippen LogP contribution in [-0.2, 0) is 14.0 Å². The number of carbonyl (C=O) groups excluding carboxylic acids is 1. The molecule has 0 aromatic carbocycles. The summed E-state index contributed by atoms with van der Waals surface area (Å²) in [6.07, 6.45) is 2.09. The molecule has 0 rings (SSSR count). The molecule has 15 heavy (non-hydrogen) atoms. The van der Waals surface area contributed by atoms with Gasteiger partial charge in [0.05, 0.1) is 26.9 Å². The van der Waals surface area contributed by atoms with Gasteiger partial charge in [0.15, 0.2) is 0 Å². The van der Waals surface area contributed by atoms with Gasteiger partial charge in [-0.1, -0.05) is 13.1 Å². The Morgan fingerprint density at radius 2 is 1.87 bits per heavy atom. The summed E-state index contributed by atoms with van der Waals surface area (Å²) in [5, 5.41) is 0. The first-order valence-corrected chi connectivity index (χ1v) is 11.1. The average Bonchev–Trinajstić information content (AvgIpc) is 2.08. The van der Waals surface area contributed by atoms with Gasteiger partial charge in [-0.05, 0) is 26.6 Å². The van der Waals surface area contributed by atoms with Crippen molar-refractivity contribution < 1.29 is 14.0 Å². The summed E-state index contributed by atoms with van der Waals surface area (Å²) in [6, 6.07) is 0. The highest BCUT2D eigenvalue weighted by Crippen LogP contribution is 2.06. The van der Waals surface area contributed by atoms with Crippen LogP contribution in [0.1, 0.15) is 6.92 Å². The van der Waals surface area contributed by atoms with Crippen LogP contribution in [0.15, 0.2) is 11.8 Å². The van der Waals surface area contributed by atoms with Crippen molar-refractivity contribution in [2.24, 2.45) is 0 Å². The van der Waals surface area contributed by atoms with E-state index in [0.717, 1.165) is 0 Å². The molecule has 0 N–H and O–H groups in total. The molecule has 0 spiro atoms. The van der Waals surface area contributed by atoms with E-state index in [9.17, 15) is 4.79 Å². The van der Waals surface area contributed by atoms with Gasteiger partial charge < -0.3 is 9.16 Å². The van der Waals surface area contributed by atoms with Gasteiger partial charge in [0.2, 0.25) is 8.32 Å². The Hall–Kier alpha value is -0.556. The molecule has 0 saturated heterocycles. The van der Waals surface area contributed by atoms with Crippen molar-refractivity contribution in [1.29, 1.82) is 0 Å². The Kier molecular flexibility index (Phi) is 5.89. The highest BCUT2D eigenvalue weighted by atomic mass is 28.4. The normalized spacial score (nSPS) is 12.9. The molecule has 0 bridgehead atoms. The van der Waals surface area contributed by atoms with Crippen molar-refractivity contribution in [1.82, 2.24) is 0 Å². The maximum atomic E-state index is 11.4. The fraction of sp³-hybridized carbons (Fsp3) is 0.700. The Bertz CT molecular complexity index is 242. The lowest BCUT2D eigenvalue weighted by Gasteiger charge is -2.15. The van der Waals surface area contributed by atoms with E-state index < -0.39 is 17.1 Å². The van der Waals surface area contributed by atoms with Crippen LogP contribution < -0.4 is 0 Å².